The predicted molar refractivity (Wildman–Crippen MR) is 105 cm³/mol. The van der Waals surface area contributed by atoms with Crippen LogP contribution in [-0.2, 0) is 0 Å². The average molecular weight is 339 g/mol. The first-order valence-electron chi connectivity index (χ1n) is 7.71. The molecule has 2 aromatic rings. The van der Waals surface area contributed by atoms with Crippen LogP contribution in [0.4, 0.5) is 10.1 Å². The predicted octanol–water partition coefficient (Wildman–Crippen LogP) is 6.03. The molecule has 0 N–H and O–H groups in total. The Balaban J connectivity index is 2.22. The number of para-hydroxylation sites is 1. The van der Waals surface area contributed by atoms with Gasteiger partial charge in [0.25, 0.3) is 0 Å². The van der Waals surface area contributed by atoms with E-state index >= 15 is 0 Å². The van der Waals surface area contributed by atoms with Crippen molar-refractivity contribution < 1.29 is 4.39 Å². The number of allylic oxidation sites excluding steroid dienone is 2. The van der Waals surface area contributed by atoms with Gasteiger partial charge in [0.05, 0.1) is 0 Å². The van der Waals surface area contributed by atoms with Crippen LogP contribution in [0.3, 0.4) is 0 Å². The first-order chi connectivity index (χ1) is 11.4. The first-order valence-corrected chi connectivity index (χ1v) is 8.15. The van der Waals surface area contributed by atoms with E-state index in [-0.39, 0.29) is 5.82 Å². The second-order valence-electron chi connectivity index (χ2n) is 5.72. The summed E-state index contributed by atoms with van der Waals surface area (Å²) in [4.78, 5) is 2.78. The molecule has 0 spiro atoms. The van der Waals surface area contributed by atoms with Crippen LogP contribution < -0.4 is 4.90 Å². The third-order valence-electron chi connectivity index (χ3n) is 3.94. The van der Waals surface area contributed by atoms with Crippen LogP contribution in [0, 0.1) is 12.7 Å². The fourth-order valence-electron chi connectivity index (χ4n) is 2.49. The van der Waals surface area contributed by atoms with E-state index in [9.17, 15) is 4.39 Å². The molecule has 2 rings (SSSR count). The highest BCUT2D eigenvalue weighted by Gasteiger charge is 2.09. The zero-order valence-electron chi connectivity index (χ0n) is 14.1. The van der Waals surface area contributed by atoms with Crippen molar-refractivity contribution in [3.8, 4) is 0 Å². The summed E-state index contributed by atoms with van der Waals surface area (Å²) in [6, 6.07) is 12.9. The van der Waals surface area contributed by atoms with E-state index in [2.05, 4.69) is 49.7 Å². The Morgan fingerprint density at radius 3 is 2.62 bits per heavy atom. The highest BCUT2D eigenvalue weighted by Crippen LogP contribution is 2.26. The topological polar surface area (TPSA) is 3.24 Å². The number of rotatable bonds is 6. The zero-order valence-corrected chi connectivity index (χ0v) is 15.0. The number of nitrogens with zero attached hydrogens (tertiary/aromatic N) is 1. The van der Waals surface area contributed by atoms with Crippen molar-refractivity contribution in [2.24, 2.45) is 0 Å². The van der Waals surface area contributed by atoms with Gasteiger partial charge in [-0.2, -0.15) is 0 Å². The molecule has 2 aromatic carbocycles. The summed E-state index contributed by atoms with van der Waals surface area (Å²) in [5.41, 5.74) is 4.61. The van der Waals surface area contributed by atoms with E-state index in [0.717, 1.165) is 21.9 Å². The molecule has 0 aliphatic carbocycles. The van der Waals surface area contributed by atoms with E-state index < -0.39 is 0 Å². The largest absolute Gasteiger partial charge is 0.348 e. The first kappa shape index (κ1) is 18.1. The third-order valence-corrected chi connectivity index (χ3v) is 4.22. The third kappa shape index (κ3) is 4.39. The molecular formula is C21H22FNS. The quantitative estimate of drug-likeness (QED) is 0.496. The Bertz CT molecular complexity index is 792. The van der Waals surface area contributed by atoms with Gasteiger partial charge in [-0.1, -0.05) is 37.4 Å². The Labute approximate surface area is 149 Å². The monoisotopic (exact) mass is 339 g/mol. The lowest BCUT2D eigenvalue weighted by molar-refractivity contribution is 0.623. The summed E-state index contributed by atoms with van der Waals surface area (Å²) in [5, 5.41) is 0. The van der Waals surface area contributed by atoms with Crippen LogP contribution in [0.5, 0.6) is 0 Å². The van der Waals surface area contributed by atoms with Crippen LogP contribution in [0.25, 0.3) is 6.08 Å². The molecule has 3 heteroatoms. The summed E-state index contributed by atoms with van der Waals surface area (Å²) in [6.45, 7) is 10.1. The SMILES string of the molecule is C=C/C(=C/c1cc(S)ccc1F)CC(=C)N(C)c1ccccc1C. The maximum atomic E-state index is 13.9. The van der Waals surface area contributed by atoms with Crippen molar-refractivity contribution >= 4 is 24.4 Å². The van der Waals surface area contributed by atoms with E-state index in [0.29, 0.717) is 12.0 Å². The van der Waals surface area contributed by atoms with Crippen molar-refractivity contribution in [3.63, 3.8) is 0 Å². The molecule has 24 heavy (non-hydrogen) atoms. The molecule has 0 amide bonds. The number of halogens is 1. The molecule has 0 saturated carbocycles. The molecule has 0 saturated heterocycles. The van der Waals surface area contributed by atoms with Gasteiger partial charge in [0.1, 0.15) is 5.82 Å². The van der Waals surface area contributed by atoms with E-state index in [1.54, 1.807) is 24.3 Å². The highest BCUT2D eigenvalue weighted by molar-refractivity contribution is 7.80. The molecule has 0 atom stereocenters. The Morgan fingerprint density at radius 2 is 1.96 bits per heavy atom. The molecule has 0 heterocycles. The lowest BCUT2D eigenvalue weighted by Gasteiger charge is -2.24. The second-order valence-corrected chi connectivity index (χ2v) is 6.23. The van der Waals surface area contributed by atoms with Gasteiger partial charge in [0.2, 0.25) is 0 Å². The lowest BCUT2D eigenvalue weighted by Crippen LogP contribution is -2.16. The van der Waals surface area contributed by atoms with Crippen LogP contribution in [0.15, 0.2) is 77.9 Å². The standard InChI is InChI=1S/C21H22FNS/c1-5-17(13-18-14-19(24)10-11-20(18)22)12-16(3)23(4)21-9-7-6-8-15(21)2/h5-11,13-14,24H,1,3,12H2,2,4H3/b17-13-. The van der Waals surface area contributed by atoms with Crippen molar-refractivity contribution in [1.29, 1.82) is 0 Å². The normalized spacial score (nSPS) is 11.2. The van der Waals surface area contributed by atoms with Crippen LogP contribution in [-0.4, -0.2) is 7.05 Å². The van der Waals surface area contributed by atoms with Gasteiger partial charge in [-0.15, -0.1) is 12.6 Å². The van der Waals surface area contributed by atoms with Crippen LogP contribution >= 0.6 is 12.6 Å². The lowest BCUT2D eigenvalue weighted by atomic mass is 10.0. The van der Waals surface area contributed by atoms with Gasteiger partial charge in [-0.05, 0) is 48.4 Å². The Hall–Kier alpha value is -2.26. The van der Waals surface area contributed by atoms with Crippen molar-refractivity contribution in [2.45, 2.75) is 18.2 Å². The van der Waals surface area contributed by atoms with Crippen molar-refractivity contribution in [1.82, 2.24) is 0 Å². The molecule has 0 aromatic heterocycles. The smallest absolute Gasteiger partial charge is 0.130 e. The number of hydrogen-bond donors (Lipinski definition) is 1. The van der Waals surface area contributed by atoms with Crippen LogP contribution in [0.2, 0.25) is 0 Å². The Kier molecular flexibility index (Phi) is 6.04. The fraction of sp³-hybridized carbons (Fsp3) is 0.143. The van der Waals surface area contributed by atoms with Crippen LogP contribution in [0.1, 0.15) is 17.5 Å². The summed E-state index contributed by atoms with van der Waals surface area (Å²) in [6.07, 6.45) is 4.12. The Morgan fingerprint density at radius 1 is 1.25 bits per heavy atom. The van der Waals surface area contributed by atoms with Gasteiger partial charge in [-0.25, -0.2) is 4.39 Å². The number of thiol groups is 1. The molecular weight excluding hydrogens is 317 g/mol. The number of benzene rings is 2. The molecule has 0 radical (unpaired) electrons. The minimum Gasteiger partial charge on any atom is -0.348 e. The maximum Gasteiger partial charge on any atom is 0.130 e. The summed E-state index contributed by atoms with van der Waals surface area (Å²) in [7, 11) is 1.99. The molecule has 0 aliphatic heterocycles. The van der Waals surface area contributed by atoms with Crippen molar-refractivity contribution in [3.05, 3.63) is 89.9 Å². The van der Waals surface area contributed by atoms with Gasteiger partial charge >= 0.3 is 0 Å². The molecule has 124 valence electrons. The van der Waals surface area contributed by atoms with E-state index in [1.807, 2.05) is 19.2 Å². The minimum absolute atomic E-state index is 0.273. The maximum absolute atomic E-state index is 13.9. The molecule has 1 nitrogen and oxygen atoms in total. The fourth-order valence-corrected chi connectivity index (χ4v) is 2.70. The molecule has 0 aliphatic rings. The van der Waals surface area contributed by atoms with Gasteiger partial charge in [0, 0.05) is 35.3 Å². The zero-order chi connectivity index (χ0) is 17.7. The molecule has 0 bridgehead atoms. The van der Waals surface area contributed by atoms with E-state index in [4.69, 9.17) is 0 Å². The van der Waals surface area contributed by atoms with Gasteiger partial charge < -0.3 is 4.90 Å². The average Bonchev–Trinajstić information content (AvgIpc) is 2.57. The second kappa shape index (κ2) is 8.02. The summed E-state index contributed by atoms with van der Waals surface area (Å²) in [5.74, 6) is -0.273. The number of hydrogen-bond acceptors (Lipinski definition) is 2. The summed E-state index contributed by atoms with van der Waals surface area (Å²) < 4.78 is 13.9. The number of aryl methyl sites for hydroxylation is 1. The van der Waals surface area contributed by atoms with Crippen molar-refractivity contribution in [2.75, 3.05) is 11.9 Å². The van der Waals surface area contributed by atoms with Gasteiger partial charge in [-0.3, -0.25) is 0 Å². The number of anilines is 1. The minimum atomic E-state index is -0.273. The highest BCUT2D eigenvalue weighted by atomic mass is 32.1. The van der Waals surface area contributed by atoms with E-state index in [1.165, 1.54) is 11.6 Å². The molecule has 0 unspecified atom stereocenters. The molecule has 0 fully saturated rings. The van der Waals surface area contributed by atoms with Gasteiger partial charge in [0.15, 0.2) is 0 Å². The summed E-state index contributed by atoms with van der Waals surface area (Å²) >= 11 is 4.27.